The van der Waals surface area contributed by atoms with Gasteiger partial charge in [-0.15, -0.1) is 0 Å². The molecule has 1 aromatic heterocycles. The van der Waals surface area contributed by atoms with Gasteiger partial charge in [0.1, 0.15) is 17.6 Å². The number of nitrogens with zero attached hydrogens (tertiary/aromatic N) is 3. The standard InChI is InChI=1S/C18H17FN4O/c19-14-3-1-5-16(9-14)23-8-2-4-15(12-23)22-18(24)17-7-6-13(10-20)11-21-17/h1,3,5-7,9,11,15H,2,4,8,12H2,(H,22,24)/t15-/m0/s1. The topological polar surface area (TPSA) is 69.0 Å². The summed E-state index contributed by atoms with van der Waals surface area (Å²) in [4.78, 5) is 18.4. The molecule has 1 N–H and O–H groups in total. The highest BCUT2D eigenvalue weighted by Crippen LogP contribution is 2.20. The smallest absolute Gasteiger partial charge is 0.270 e. The first-order valence-corrected chi connectivity index (χ1v) is 7.83. The lowest BCUT2D eigenvalue weighted by molar-refractivity contribution is 0.0928. The van der Waals surface area contributed by atoms with E-state index in [1.807, 2.05) is 12.1 Å². The highest BCUT2D eigenvalue weighted by Gasteiger charge is 2.22. The molecule has 2 aromatic rings. The van der Waals surface area contributed by atoms with Crippen LogP contribution in [-0.4, -0.2) is 30.0 Å². The van der Waals surface area contributed by atoms with Crippen molar-refractivity contribution in [1.29, 1.82) is 5.26 Å². The van der Waals surface area contributed by atoms with Crippen LogP contribution in [0.3, 0.4) is 0 Å². The summed E-state index contributed by atoms with van der Waals surface area (Å²) >= 11 is 0. The summed E-state index contributed by atoms with van der Waals surface area (Å²) in [7, 11) is 0. The quantitative estimate of drug-likeness (QED) is 0.942. The molecule has 0 aliphatic carbocycles. The van der Waals surface area contributed by atoms with Gasteiger partial charge in [-0.25, -0.2) is 9.37 Å². The molecule has 6 heteroatoms. The van der Waals surface area contributed by atoms with E-state index in [-0.39, 0.29) is 23.5 Å². The molecule has 2 heterocycles. The van der Waals surface area contributed by atoms with Crippen molar-refractivity contribution in [2.24, 2.45) is 0 Å². The zero-order valence-electron chi connectivity index (χ0n) is 13.1. The number of rotatable bonds is 3. The van der Waals surface area contributed by atoms with Crippen LogP contribution in [0, 0.1) is 17.1 Å². The van der Waals surface area contributed by atoms with Gasteiger partial charge in [-0.2, -0.15) is 5.26 Å². The van der Waals surface area contributed by atoms with Crippen LogP contribution in [0.5, 0.6) is 0 Å². The third-order valence-corrected chi connectivity index (χ3v) is 4.06. The zero-order chi connectivity index (χ0) is 16.9. The first-order chi connectivity index (χ1) is 11.7. The Bertz CT molecular complexity index is 769. The maximum absolute atomic E-state index is 13.4. The van der Waals surface area contributed by atoms with Crippen molar-refractivity contribution in [3.05, 3.63) is 59.7 Å². The fourth-order valence-corrected chi connectivity index (χ4v) is 2.86. The lowest BCUT2D eigenvalue weighted by atomic mass is 10.0. The lowest BCUT2D eigenvalue weighted by Crippen LogP contribution is -2.48. The molecule has 1 fully saturated rings. The normalized spacial score (nSPS) is 17.2. The van der Waals surface area contributed by atoms with Gasteiger partial charge in [-0.1, -0.05) is 6.07 Å². The number of amides is 1. The van der Waals surface area contributed by atoms with E-state index in [9.17, 15) is 9.18 Å². The summed E-state index contributed by atoms with van der Waals surface area (Å²) in [6, 6.07) is 11.5. The summed E-state index contributed by atoms with van der Waals surface area (Å²) in [5.74, 6) is -0.522. The Kier molecular flexibility index (Phi) is 4.71. The van der Waals surface area contributed by atoms with Crippen molar-refractivity contribution in [3.8, 4) is 6.07 Å². The Labute approximate surface area is 139 Å². The van der Waals surface area contributed by atoms with Crippen LogP contribution in [-0.2, 0) is 0 Å². The van der Waals surface area contributed by atoms with Gasteiger partial charge < -0.3 is 10.2 Å². The fourth-order valence-electron chi connectivity index (χ4n) is 2.86. The number of hydrogen-bond acceptors (Lipinski definition) is 4. The molecule has 1 aliphatic rings. The van der Waals surface area contributed by atoms with Gasteiger partial charge in [0.05, 0.1) is 5.56 Å². The van der Waals surface area contributed by atoms with Gasteiger partial charge in [0.25, 0.3) is 5.91 Å². The second kappa shape index (κ2) is 7.09. The molecule has 5 nitrogen and oxygen atoms in total. The van der Waals surface area contributed by atoms with E-state index in [1.54, 1.807) is 18.2 Å². The summed E-state index contributed by atoms with van der Waals surface area (Å²) in [5, 5.41) is 11.7. The van der Waals surface area contributed by atoms with Gasteiger partial charge in [-0.05, 0) is 43.2 Å². The van der Waals surface area contributed by atoms with Crippen LogP contribution in [0.4, 0.5) is 10.1 Å². The molecule has 0 radical (unpaired) electrons. The number of hydrogen-bond donors (Lipinski definition) is 1. The first-order valence-electron chi connectivity index (χ1n) is 7.83. The monoisotopic (exact) mass is 324 g/mol. The number of halogens is 1. The summed E-state index contributed by atoms with van der Waals surface area (Å²) in [5.41, 5.74) is 1.53. The number of carbonyl (C=O) groups excluding carboxylic acids is 1. The van der Waals surface area contributed by atoms with Crippen LogP contribution in [0.15, 0.2) is 42.6 Å². The van der Waals surface area contributed by atoms with E-state index in [1.165, 1.54) is 18.3 Å². The second-order valence-electron chi connectivity index (χ2n) is 5.78. The molecule has 0 saturated carbocycles. The van der Waals surface area contributed by atoms with Gasteiger partial charge >= 0.3 is 0 Å². The number of pyridine rings is 1. The van der Waals surface area contributed by atoms with Crippen molar-refractivity contribution >= 4 is 11.6 Å². The zero-order valence-corrected chi connectivity index (χ0v) is 13.1. The molecular formula is C18H17FN4O. The van der Waals surface area contributed by atoms with E-state index < -0.39 is 0 Å². The van der Waals surface area contributed by atoms with E-state index in [0.717, 1.165) is 25.1 Å². The predicted octanol–water partition coefficient (Wildman–Crippen LogP) is 2.49. The minimum atomic E-state index is -0.263. The maximum atomic E-state index is 13.4. The summed E-state index contributed by atoms with van der Waals surface area (Å²) in [6.45, 7) is 1.47. The molecule has 1 amide bonds. The van der Waals surface area contributed by atoms with Crippen LogP contribution in [0.1, 0.15) is 28.9 Å². The van der Waals surface area contributed by atoms with Crippen LogP contribution < -0.4 is 10.2 Å². The molecule has 1 atom stereocenters. The summed E-state index contributed by atoms with van der Waals surface area (Å²) in [6.07, 6.45) is 3.17. The van der Waals surface area contributed by atoms with Gasteiger partial charge in [-0.3, -0.25) is 4.79 Å². The molecular weight excluding hydrogens is 307 g/mol. The minimum absolute atomic E-state index is 0.0213. The van der Waals surface area contributed by atoms with Crippen LogP contribution in [0.25, 0.3) is 0 Å². The third-order valence-electron chi connectivity index (χ3n) is 4.06. The molecule has 122 valence electrons. The number of piperidine rings is 1. The molecule has 1 aliphatic heterocycles. The predicted molar refractivity (Wildman–Crippen MR) is 88.1 cm³/mol. The van der Waals surface area contributed by atoms with Gasteiger partial charge in [0, 0.05) is 31.0 Å². The number of anilines is 1. The Hall–Kier alpha value is -2.94. The van der Waals surface area contributed by atoms with Crippen molar-refractivity contribution in [3.63, 3.8) is 0 Å². The number of benzene rings is 1. The SMILES string of the molecule is N#Cc1ccc(C(=O)N[C@H]2CCCN(c3cccc(F)c3)C2)nc1. The number of nitrogens with one attached hydrogen (secondary N) is 1. The van der Waals surface area contributed by atoms with Gasteiger partial charge in [0.2, 0.25) is 0 Å². The van der Waals surface area contributed by atoms with Crippen molar-refractivity contribution in [2.75, 3.05) is 18.0 Å². The number of nitriles is 1. The maximum Gasteiger partial charge on any atom is 0.270 e. The van der Waals surface area contributed by atoms with Crippen molar-refractivity contribution < 1.29 is 9.18 Å². The lowest BCUT2D eigenvalue weighted by Gasteiger charge is -2.34. The highest BCUT2D eigenvalue weighted by molar-refractivity contribution is 5.92. The summed E-state index contributed by atoms with van der Waals surface area (Å²) < 4.78 is 13.4. The minimum Gasteiger partial charge on any atom is -0.369 e. The first kappa shape index (κ1) is 15.9. The Balaban J connectivity index is 1.64. The molecule has 24 heavy (non-hydrogen) atoms. The number of aromatic nitrogens is 1. The van der Waals surface area contributed by atoms with E-state index in [0.29, 0.717) is 12.1 Å². The fraction of sp³-hybridized carbons (Fsp3) is 0.278. The van der Waals surface area contributed by atoms with Crippen LogP contribution in [0.2, 0.25) is 0 Å². The molecule has 0 unspecified atom stereocenters. The average Bonchev–Trinajstić information content (AvgIpc) is 2.62. The molecule has 0 bridgehead atoms. The number of carbonyl (C=O) groups is 1. The largest absolute Gasteiger partial charge is 0.369 e. The third kappa shape index (κ3) is 3.69. The Morgan fingerprint density at radius 2 is 2.25 bits per heavy atom. The van der Waals surface area contributed by atoms with Crippen molar-refractivity contribution in [1.82, 2.24) is 10.3 Å². The Morgan fingerprint density at radius 3 is 2.96 bits per heavy atom. The second-order valence-corrected chi connectivity index (χ2v) is 5.78. The van der Waals surface area contributed by atoms with E-state index >= 15 is 0 Å². The highest BCUT2D eigenvalue weighted by atomic mass is 19.1. The van der Waals surface area contributed by atoms with Gasteiger partial charge in [0.15, 0.2) is 0 Å². The van der Waals surface area contributed by atoms with Crippen LogP contribution >= 0.6 is 0 Å². The Morgan fingerprint density at radius 1 is 1.38 bits per heavy atom. The van der Waals surface area contributed by atoms with Crippen molar-refractivity contribution in [2.45, 2.75) is 18.9 Å². The molecule has 1 saturated heterocycles. The average molecular weight is 324 g/mol. The molecule has 3 rings (SSSR count). The van der Waals surface area contributed by atoms with E-state index in [4.69, 9.17) is 5.26 Å². The molecule has 1 aromatic carbocycles. The van der Waals surface area contributed by atoms with E-state index in [2.05, 4.69) is 15.2 Å². The molecule has 0 spiro atoms.